The first-order valence-electron chi connectivity index (χ1n) is 11.1. The van der Waals surface area contributed by atoms with Gasteiger partial charge in [-0.1, -0.05) is 81.7 Å². The highest BCUT2D eigenvalue weighted by atomic mass is 16.5. The van der Waals surface area contributed by atoms with Crippen LogP contribution in [-0.4, -0.2) is 30.4 Å². The zero-order valence-electron chi connectivity index (χ0n) is 17.5. The molecule has 1 aliphatic heterocycles. The Kier molecular flexibility index (Phi) is 10.7. The molecule has 0 spiro atoms. The van der Waals surface area contributed by atoms with Crippen molar-refractivity contribution >= 4 is 11.9 Å². The van der Waals surface area contributed by atoms with Crippen molar-refractivity contribution in [1.82, 2.24) is 4.90 Å². The molecule has 1 aromatic carbocycles. The Labute approximate surface area is 170 Å². The van der Waals surface area contributed by atoms with Gasteiger partial charge in [-0.05, 0) is 24.8 Å². The summed E-state index contributed by atoms with van der Waals surface area (Å²) in [7, 11) is 1.45. The minimum absolute atomic E-state index is 0.0936. The molecule has 2 rings (SSSR count). The monoisotopic (exact) mass is 387 g/mol. The van der Waals surface area contributed by atoms with Gasteiger partial charge < -0.3 is 9.64 Å². The summed E-state index contributed by atoms with van der Waals surface area (Å²) in [5.41, 5.74) is 1.22. The topological polar surface area (TPSA) is 46.6 Å². The molecule has 0 radical (unpaired) electrons. The number of esters is 1. The smallest absolute Gasteiger partial charge is 0.305 e. The van der Waals surface area contributed by atoms with Crippen molar-refractivity contribution in [2.24, 2.45) is 5.92 Å². The van der Waals surface area contributed by atoms with E-state index in [1.807, 2.05) is 23.1 Å². The molecule has 1 aliphatic rings. The van der Waals surface area contributed by atoms with E-state index in [0.717, 1.165) is 38.8 Å². The van der Waals surface area contributed by atoms with Crippen LogP contribution in [0.2, 0.25) is 0 Å². The summed E-state index contributed by atoms with van der Waals surface area (Å²) in [4.78, 5) is 25.6. The minimum Gasteiger partial charge on any atom is -0.469 e. The molecule has 28 heavy (non-hydrogen) atoms. The Balaban J connectivity index is 1.44. The third-order valence-electron chi connectivity index (χ3n) is 5.79. The summed E-state index contributed by atoms with van der Waals surface area (Å²) < 4.78 is 4.65. The first-order valence-corrected chi connectivity index (χ1v) is 11.1. The minimum atomic E-state index is -0.0936. The van der Waals surface area contributed by atoms with Gasteiger partial charge in [0.15, 0.2) is 0 Å². The third-order valence-corrected chi connectivity index (χ3v) is 5.79. The lowest BCUT2D eigenvalue weighted by atomic mass is 9.98. The molecule has 1 atom stereocenters. The zero-order valence-corrected chi connectivity index (χ0v) is 17.5. The van der Waals surface area contributed by atoms with Crippen LogP contribution in [0.3, 0.4) is 0 Å². The zero-order chi connectivity index (χ0) is 20.0. The first kappa shape index (κ1) is 22.4. The maximum atomic E-state index is 12.6. The molecular weight excluding hydrogens is 350 g/mol. The molecule has 0 bridgehead atoms. The van der Waals surface area contributed by atoms with Crippen molar-refractivity contribution in [2.75, 3.05) is 13.7 Å². The van der Waals surface area contributed by atoms with E-state index in [1.165, 1.54) is 57.6 Å². The number of benzene rings is 1. The van der Waals surface area contributed by atoms with Crippen LogP contribution >= 0.6 is 0 Å². The molecule has 4 nitrogen and oxygen atoms in total. The van der Waals surface area contributed by atoms with Crippen molar-refractivity contribution in [3.8, 4) is 0 Å². The van der Waals surface area contributed by atoms with Gasteiger partial charge in [-0.2, -0.15) is 0 Å². The molecule has 1 saturated heterocycles. The number of nitrogens with zero attached hydrogens (tertiary/aromatic N) is 1. The van der Waals surface area contributed by atoms with Crippen LogP contribution in [0.25, 0.3) is 0 Å². The van der Waals surface area contributed by atoms with Crippen molar-refractivity contribution in [3.63, 3.8) is 0 Å². The largest absolute Gasteiger partial charge is 0.469 e. The van der Waals surface area contributed by atoms with E-state index < -0.39 is 0 Å². The van der Waals surface area contributed by atoms with Gasteiger partial charge in [0.2, 0.25) is 5.91 Å². The second-order valence-electron chi connectivity index (χ2n) is 8.03. The predicted octanol–water partition coefficient (Wildman–Crippen LogP) is 5.50. The maximum Gasteiger partial charge on any atom is 0.305 e. The van der Waals surface area contributed by atoms with Crippen LogP contribution < -0.4 is 0 Å². The van der Waals surface area contributed by atoms with Crippen molar-refractivity contribution < 1.29 is 14.3 Å². The molecule has 156 valence electrons. The fourth-order valence-electron chi connectivity index (χ4n) is 4.03. The number of amides is 1. The summed E-state index contributed by atoms with van der Waals surface area (Å²) in [6, 6.07) is 10.3. The summed E-state index contributed by atoms with van der Waals surface area (Å²) >= 11 is 0. The van der Waals surface area contributed by atoms with Gasteiger partial charge >= 0.3 is 5.97 Å². The van der Waals surface area contributed by atoms with Gasteiger partial charge in [0.25, 0.3) is 0 Å². The molecule has 0 aromatic heterocycles. The molecule has 0 aliphatic carbocycles. The van der Waals surface area contributed by atoms with Crippen LogP contribution in [0.15, 0.2) is 30.3 Å². The third kappa shape index (κ3) is 8.45. The molecule has 0 saturated carbocycles. The standard InChI is InChI=1S/C24H37NO3/c1-28-23(26)17-13-8-6-4-2-3-5-7-12-16-22-18-19-25(24(22)27)20-21-14-10-9-11-15-21/h9-11,14-15,22H,2-8,12-13,16-20H2,1H3/t22-/m0/s1. The fourth-order valence-corrected chi connectivity index (χ4v) is 4.03. The van der Waals surface area contributed by atoms with Crippen molar-refractivity contribution in [1.29, 1.82) is 0 Å². The molecule has 1 amide bonds. The van der Waals surface area contributed by atoms with Crippen LogP contribution in [0.5, 0.6) is 0 Å². The van der Waals surface area contributed by atoms with E-state index in [-0.39, 0.29) is 11.9 Å². The number of hydrogen-bond acceptors (Lipinski definition) is 3. The Morgan fingerprint density at radius 2 is 1.57 bits per heavy atom. The lowest BCUT2D eigenvalue weighted by Gasteiger charge is -2.16. The van der Waals surface area contributed by atoms with E-state index in [1.54, 1.807) is 0 Å². The van der Waals surface area contributed by atoms with E-state index in [2.05, 4.69) is 16.9 Å². The molecule has 0 N–H and O–H groups in total. The van der Waals surface area contributed by atoms with Crippen molar-refractivity contribution in [3.05, 3.63) is 35.9 Å². The number of unbranched alkanes of at least 4 members (excludes halogenated alkanes) is 8. The number of rotatable bonds is 14. The lowest BCUT2D eigenvalue weighted by molar-refractivity contribution is -0.140. The Bertz CT molecular complexity index is 572. The fraction of sp³-hybridized carbons (Fsp3) is 0.667. The molecule has 1 fully saturated rings. The van der Waals surface area contributed by atoms with Gasteiger partial charge in [-0.15, -0.1) is 0 Å². The molecular formula is C24H37NO3. The number of ether oxygens (including phenoxy) is 1. The van der Waals surface area contributed by atoms with Crippen LogP contribution in [-0.2, 0) is 20.9 Å². The Morgan fingerprint density at radius 3 is 2.21 bits per heavy atom. The van der Waals surface area contributed by atoms with Gasteiger partial charge in [-0.3, -0.25) is 9.59 Å². The average molecular weight is 388 g/mol. The number of methoxy groups -OCH3 is 1. The quantitative estimate of drug-likeness (QED) is 0.313. The van der Waals surface area contributed by atoms with E-state index >= 15 is 0 Å². The second-order valence-corrected chi connectivity index (χ2v) is 8.03. The van der Waals surface area contributed by atoms with Crippen LogP contribution in [0.1, 0.15) is 82.6 Å². The highest BCUT2D eigenvalue weighted by Gasteiger charge is 2.30. The van der Waals surface area contributed by atoms with Crippen LogP contribution in [0.4, 0.5) is 0 Å². The average Bonchev–Trinajstić information content (AvgIpc) is 3.06. The summed E-state index contributed by atoms with van der Waals surface area (Å²) in [5.74, 6) is 0.512. The lowest BCUT2D eigenvalue weighted by Crippen LogP contribution is -2.26. The molecule has 1 aromatic rings. The Morgan fingerprint density at radius 1 is 0.964 bits per heavy atom. The molecule has 4 heteroatoms. The van der Waals surface area contributed by atoms with Gasteiger partial charge in [0.1, 0.15) is 0 Å². The second kappa shape index (κ2) is 13.4. The summed E-state index contributed by atoms with van der Waals surface area (Å²) in [6.07, 6.45) is 13.4. The number of likely N-dealkylation sites (tertiary alicyclic amines) is 1. The Hall–Kier alpha value is -1.84. The molecule has 0 unspecified atom stereocenters. The van der Waals surface area contributed by atoms with E-state index in [9.17, 15) is 9.59 Å². The maximum absolute atomic E-state index is 12.6. The highest BCUT2D eigenvalue weighted by Crippen LogP contribution is 2.25. The number of hydrogen-bond donors (Lipinski definition) is 0. The SMILES string of the molecule is COC(=O)CCCCCCCCCCC[C@H]1CCN(Cc2ccccc2)C1=O. The predicted molar refractivity (Wildman–Crippen MR) is 113 cm³/mol. The number of carbonyl (C=O) groups excluding carboxylic acids is 2. The van der Waals surface area contributed by atoms with E-state index in [4.69, 9.17) is 0 Å². The summed E-state index contributed by atoms with van der Waals surface area (Å²) in [6.45, 7) is 1.67. The first-order chi connectivity index (χ1) is 13.7. The number of carbonyl (C=O) groups is 2. The molecule has 1 heterocycles. The van der Waals surface area contributed by atoms with E-state index in [0.29, 0.717) is 12.3 Å². The van der Waals surface area contributed by atoms with Gasteiger partial charge in [-0.25, -0.2) is 0 Å². The van der Waals surface area contributed by atoms with Crippen molar-refractivity contribution in [2.45, 2.75) is 83.6 Å². The highest BCUT2D eigenvalue weighted by molar-refractivity contribution is 5.80. The normalized spacial score (nSPS) is 16.5. The van der Waals surface area contributed by atoms with Crippen LogP contribution in [0, 0.1) is 5.92 Å². The van der Waals surface area contributed by atoms with Gasteiger partial charge in [0, 0.05) is 25.4 Å². The van der Waals surface area contributed by atoms with Gasteiger partial charge in [0.05, 0.1) is 7.11 Å². The summed E-state index contributed by atoms with van der Waals surface area (Å²) in [5, 5.41) is 0.